The van der Waals surface area contributed by atoms with E-state index in [1.807, 2.05) is 27.7 Å². The van der Waals surface area contributed by atoms with E-state index in [0.29, 0.717) is 25.8 Å². The largest absolute Gasteiger partial charge is 0.480 e. The van der Waals surface area contributed by atoms with E-state index in [9.17, 15) is 24.3 Å². The Bertz CT molecular complexity index is 626. The maximum absolute atomic E-state index is 13.0. The summed E-state index contributed by atoms with van der Waals surface area (Å²) in [7, 11) is 0. The van der Waals surface area contributed by atoms with Gasteiger partial charge < -0.3 is 32.5 Å². The molecule has 10 nitrogen and oxygen atoms in total. The standard InChI is InChI=1S/C22H43N5O5/c1-7-14(6)18(27-19(28)16(24)12(2)3)21(30)26-17(13(4)5)20(29)25-15(22(31)32)10-8-9-11-23/h12-18H,7-11,23-24H2,1-6H3,(H,25,29)(H,26,30)(H,27,28)(H,31,32). The summed E-state index contributed by atoms with van der Waals surface area (Å²) in [6.45, 7) is 11.3. The third-order valence-electron chi connectivity index (χ3n) is 5.62. The summed E-state index contributed by atoms with van der Waals surface area (Å²) in [4.78, 5) is 49.8. The molecule has 0 fully saturated rings. The monoisotopic (exact) mass is 457 g/mol. The molecule has 0 radical (unpaired) electrons. The molecular formula is C22H43N5O5. The molecule has 8 N–H and O–H groups in total. The minimum absolute atomic E-state index is 0.0999. The van der Waals surface area contributed by atoms with E-state index >= 15 is 0 Å². The Hall–Kier alpha value is -2.20. The van der Waals surface area contributed by atoms with Crippen molar-refractivity contribution in [3.8, 4) is 0 Å². The van der Waals surface area contributed by atoms with Gasteiger partial charge in [0.1, 0.15) is 18.1 Å². The van der Waals surface area contributed by atoms with Crippen LogP contribution in [0.4, 0.5) is 0 Å². The van der Waals surface area contributed by atoms with Crippen LogP contribution >= 0.6 is 0 Å². The van der Waals surface area contributed by atoms with E-state index in [0.717, 1.165) is 0 Å². The second kappa shape index (κ2) is 14.8. The Kier molecular flexibility index (Phi) is 13.8. The number of aliphatic carboxylic acids is 1. The van der Waals surface area contributed by atoms with Gasteiger partial charge >= 0.3 is 5.97 Å². The van der Waals surface area contributed by atoms with Crippen molar-refractivity contribution in [2.45, 2.75) is 91.4 Å². The van der Waals surface area contributed by atoms with Crippen LogP contribution < -0.4 is 27.4 Å². The van der Waals surface area contributed by atoms with Crippen molar-refractivity contribution < 1.29 is 24.3 Å². The molecular weight excluding hydrogens is 414 g/mol. The van der Waals surface area contributed by atoms with Crippen LogP contribution in [0.3, 0.4) is 0 Å². The molecule has 0 aliphatic heterocycles. The third kappa shape index (κ3) is 9.95. The number of carbonyl (C=O) groups is 4. The molecule has 0 heterocycles. The number of rotatable bonds is 15. The number of unbranched alkanes of at least 4 members (excludes halogenated alkanes) is 1. The van der Waals surface area contributed by atoms with Crippen molar-refractivity contribution in [3.05, 3.63) is 0 Å². The van der Waals surface area contributed by atoms with Crippen molar-refractivity contribution in [1.82, 2.24) is 16.0 Å². The number of amides is 3. The van der Waals surface area contributed by atoms with Crippen LogP contribution in [0.15, 0.2) is 0 Å². The quantitative estimate of drug-likeness (QED) is 0.192. The zero-order chi connectivity index (χ0) is 25.0. The Morgan fingerprint density at radius 3 is 1.78 bits per heavy atom. The molecule has 10 heteroatoms. The van der Waals surface area contributed by atoms with Crippen LogP contribution in [0.1, 0.15) is 67.2 Å². The number of nitrogens with one attached hydrogen (secondary N) is 3. The van der Waals surface area contributed by atoms with Gasteiger partial charge in [-0.25, -0.2) is 4.79 Å². The van der Waals surface area contributed by atoms with Gasteiger partial charge in [0.25, 0.3) is 0 Å². The minimum atomic E-state index is -1.14. The van der Waals surface area contributed by atoms with E-state index in [-0.39, 0.29) is 24.2 Å². The Balaban J connectivity index is 5.42. The molecule has 5 unspecified atom stereocenters. The van der Waals surface area contributed by atoms with Crippen molar-refractivity contribution in [3.63, 3.8) is 0 Å². The van der Waals surface area contributed by atoms with Crippen molar-refractivity contribution in [2.75, 3.05) is 6.54 Å². The first-order valence-electron chi connectivity index (χ1n) is 11.5. The maximum atomic E-state index is 13.0. The van der Waals surface area contributed by atoms with Gasteiger partial charge in [-0.2, -0.15) is 0 Å². The Morgan fingerprint density at radius 1 is 0.812 bits per heavy atom. The molecule has 186 valence electrons. The van der Waals surface area contributed by atoms with Gasteiger partial charge in [0, 0.05) is 0 Å². The van der Waals surface area contributed by atoms with Gasteiger partial charge in [0.15, 0.2) is 0 Å². The van der Waals surface area contributed by atoms with E-state index in [2.05, 4.69) is 16.0 Å². The van der Waals surface area contributed by atoms with Gasteiger partial charge in [-0.1, -0.05) is 48.0 Å². The second-order valence-corrected chi connectivity index (χ2v) is 9.06. The fraction of sp³-hybridized carbons (Fsp3) is 0.818. The first-order chi connectivity index (χ1) is 14.9. The molecule has 32 heavy (non-hydrogen) atoms. The van der Waals surface area contributed by atoms with Crippen molar-refractivity contribution in [2.24, 2.45) is 29.2 Å². The van der Waals surface area contributed by atoms with Crippen LogP contribution in [0.25, 0.3) is 0 Å². The van der Waals surface area contributed by atoms with Crippen molar-refractivity contribution >= 4 is 23.7 Å². The summed E-state index contributed by atoms with van der Waals surface area (Å²) < 4.78 is 0. The first kappa shape index (κ1) is 29.8. The zero-order valence-corrected chi connectivity index (χ0v) is 20.3. The third-order valence-corrected chi connectivity index (χ3v) is 5.62. The summed E-state index contributed by atoms with van der Waals surface area (Å²) in [6, 6.07) is -3.66. The number of carboxylic acids is 1. The lowest BCUT2D eigenvalue weighted by atomic mass is 9.95. The first-order valence-corrected chi connectivity index (χ1v) is 11.5. The summed E-state index contributed by atoms with van der Waals surface area (Å²) in [5.41, 5.74) is 11.4. The lowest BCUT2D eigenvalue weighted by Gasteiger charge is -2.29. The van der Waals surface area contributed by atoms with E-state index < -0.39 is 47.9 Å². The molecule has 5 atom stereocenters. The van der Waals surface area contributed by atoms with Gasteiger partial charge in [-0.05, 0) is 43.6 Å². The highest BCUT2D eigenvalue weighted by Gasteiger charge is 2.33. The molecule has 3 amide bonds. The maximum Gasteiger partial charge on any atom is 0.326 e. The van der Waals surface area contributed by atoms with Crippen LogP contribution in [0.2, 0.25) is 0 Å². The van der Waals surface area contributed by atoms with Crippen LogP contribution in [0.5, 0.6) is 0 Å². The highest BCUT2D eigenvalue weighted by Crippen LogP contribution is 2.12. The fourth-order valence-electron chi connectivity index (χ4n) is 3.04. The summed E-state index contributed by atoms with van der Waals surface area (Å²) in [5, 5.41) is 17.3. The van der Waals surface area contributed by atoms with Gasteiger partial charge in [-0.3, -0.25) is 14.4 Å². The van der Waals surface area contributed by atoms with Crippen molar-refractivity contribution in [1.29, 1.82) is 0 Å². The lowest BCUT2D eigenvalue weighted by Crippen LogP contribution is -2.60. The normalized spacial score (nSPS) is 16.1. The molecule has 0 saturated heterocycles. The zero-order valence-electron chi connectivity index (χ0n) is 20.3. The smallest absolute Gasteiger partial charge is 0.326 e. The topological polar surface area (TPSA) is 177 Å². The average Bonchev–Trinajstić information content (AvgIpc) is 2.72. The van der Waals surface area contributed by atoms with E-state index in [1.165, 1.54) is 0 Å². The average molecular weight is 458 g/mol. The molecule has 0 rings (SSSR count). The molecule has 0 aliphatic rings. The molecule has 0 bridgehead atoms. The minimum Gasteiger partial charge on any atom is -0.480 e. The van der Waals surface area contributed by atoms with Crippen LogP contribution in [0, 0.1) is 17.8 Å². The Morgan fingerprint density at radius 2 is 1.34 bits per heavy atom. The Labute approximate surface area is 191 Å². The van der Waals surface area contributed by atoms with Crippen LogP contribution in [-0.2, 0) is 19.2 Å². The second-order valence-electron chi connectivity index (χ2n) is 9.06. The molecule has 0 spiro atoms. The fourth-order valence-corrected chi connectivity index (χ4v) is 3.04. The predicted octanol–water partition coefficient (Wildman–Crippen LogP) is 0.340. The number of carboxylic acid groups (broad SMARTS) is 1. The summed E-state index contributed by atoms with van der Waals surface area (Å²) in [6.07, 6.45) is 2.08. The highest BCUT2D eigenvalue weighted by atomic mass is 16.4. The van der Waals surface area contributed by atoms with E-state index in [1.54, 1.807) is 13.8 Å². The van der Waals surface area contributed by atoms with E-state index in [4.69, 9.17) is 11.5 Å². The summed E-state index contributed by atoms with van der Waals surface area (Å²) >= 11 is 0. The molecule has 0 saturated carbocycles. The number of hydrogen-bond acceptors (Lipinski definition) is 6. The van der Waals surface area contributed by atoms with Gasteiger partial charge in [0.05, 0.1) is 6.04 Å². The molecule has 0 aromatic rings. The predicted molar refractivity (Wildman–Crippen MR) is 123 cm³/mol. The number of carbonyl (C=O) groups excluding carboxylic acids is 3. The summed E-state index contributed by atoms with van der Waals surface area (Å²) in [5.74, 6) is -3.26. The number of nitrogens with two attached hydrogens (primary N) is 2. The SMILES string of the molecule is CCC(C)C(NC(=O)C(N)C(C)C)C(=O)NC(C(=O)NC(CCCCN)C(=O)O)C(C)C. The lowest BCUT2D eigenvalue weighted by molar-refractivity contribution is -0.143. The highest BCUT2D eigenvalue weighted by molar-refractivity contribution is 5.94. The van der Waals surface area contributed by atoms with Gasteiger partial charge in [0.2, 0.25) is 17.7 Å². The number of hydrogen-bond donors (Lipinski definition) is 6. The van der Waals surface area contributed by atoms with Gasteiger partial charge in [-0.15, -0.1) is 0 Å². The molecule has 0 aromatic carbocycles. The van der Waals surface area contributed by atoms with Crippen LogP contribution in [-0.4, -0.2) is 59.5 Å². The molecule has 0 aliphatic carbocycles. The molecule has 0 aromatic heterocycles.